The second-order valence-electron chi connectivity index (χ2n) is 6.91. The van der Waals surface area contributed by atoms with Gasteiger partial charge in [-0.1, -0.05) is 27.7 Å². The molecule has 5 nitrogen and oxygen atoms in total. The molecule has 2 atom stereocenters. The van der Waals surface area contributed by atoms with Crippen LogP contribution in [0.1, 0.15) is 41.5 Å². The monoisotopic (exact) mass is 317 g/mol. The van der Waals surface area contributed by atoms with Crippen LogP contribution in [0.5, 0.6) is 0 Å². The van der Waals surface area contributed by atoms with Gasteiger partial charge in [-0.2, -0.15) is 0 Å². The number of esters is 1. The molecule has 0 rings (SSSR count). The third-order valence-corrected chi connectivity index (χ3v) is 9.40. The highest BCUT2D eigenvalue weighted by molar-refractivity contribution is 6.74. The summed E-state index contributed by atoms with van der Waals surface area (Å²) in [5.41, 5.74) is 0. The molecular weight excluding hydrogens is 286 g/mol. The molecule has 1 amide bonds. The number of hydrogen-bond acceptors (Lipinski definition) is 4. The lowest BCUT2D eigenvalue weighted by Crippen LogP contribution is -2.55. The molecule has 0 bridgehead atoms. The van der Waals surface area contributed by atoms with Gasteiger partial charge in [-0.15, -0.1) is 0 Å². The molecule has 0 spiro atoms. The Bertz CT molecular complexity index is 380. The van der Waals surface area contributed by atoms with Gasteiger partial charge in [0.25, 0.3) is 0 Å². The number of ether oxygens (including phenoxy) is 1. The summed E-state index contributed by atoms with van der Waals surface area (Å²) in [7, 11) is -0.779. The molecule has 124 valence electrons. The van der Waals surface area contributed by atoms with E-state index in [-0.39, 0.29) is 10.9 Å². The van der Waals surface area contributed by atoms with Crippen LogP contribution in [-0.2, 0) is 18.8 Å². The summed E-state index contributed by atoms with van der Waals surface area (Å²) in [5.74, 6) is -0.294. The molecule has 1 N–H and O–H groups in total. The van der Waals surface area contributed by atoms with E-state index >= 15 is 0 Å². The SMILES string of the molecule is COC(=O)[C@@H](NC(C)=O)[C@H](C)O[Si](C)(C)C(C)(C)C(C)C. The van der Waals surface area contributed by atoms with E-state index in [1.165, 1.54) is 14.0 Å². The number of nitrogens with one attached hydrogen (secondary N) is 1. The summed E-state index contributed by atoms with van der Waals surface area (Å²) in [5, 5.41) is 2.66. The van der Waals surface area contributed by atoms with Crippen LogP contribution in [0.2, 0.25) is 18.1 Å². The van der Waals surface area contributed by atoms with Crippen LogP contribution in [0.25, 0.3) is 0 Å². The fourth-order valence-electron chi connectivity index (χ4n) is 2.09. The molecule has 0 radical (unpaired) electrons. The van der Waals surface area contributed by atoms with E-state index in [4.69, 9.17) is 9.16 Å². The highest BCUT2D eigenvalue weighted by Crippen LogP contribution is 2.45. The van der Waals surface area contributed by atoms with Crippen molar-refractivity contribution < 1.29 is 18.8 Å². The Morgan fingerprint density at radius 1 is 1.14 bits per heavy atom. The maximum atomic E-state index is 11.9. The van der Waals surface area contributed by atoms with Gasteiger partial charge >= 0.3 is 5.97 Å². The molecule has 0 aliphatic rings. The molecule has 0 aromatic rings. The lowest BCUT2D eigenvalue weighted by Gasteiger charge is -2.44. The van der Waals surface area contributed by atoms with Gasteiger partial charge in [0, 0.05) is 6.92 Å². The third-order valence-electron chi connectivity index (χ3n) is 4.76. The first-order chi connectivity index (χ1) is 9.36. The molecule has 21 heavy (non-hydrogen) atoms. The van der Waals surface area contributed by atoms with Crippen LogP contribution in [0.4, 0.5) is 0 Å². The van der Waals surface area contributed by atoms with E-state index in [0.717, 1.165) is 0 Å². The highest BCUT2D eigenvalue weighted by atomic mass is 28.4. The van der Waals surface area contributed by atoms with Crippen LogP contribution >= 0.6 is 0 Å². The van der Waals surface area contributed by atoms with Gasteiger partial charge in [-0.25, -0.2) is 4.79 Å². The molecule has 0 aromatic carbocycles. The maximum absolute atomic E-state index is 11.9. The molecule has 0 saturated heterocycles. The number of rotatable bonds is 7. The summed E-state index contributed by atoms with van der Waals surface area (Å²) in [6.07, 6.45) is -0.430. The predicted molar refractivity (Wildman–Crippen MR) is 86.5 cm³/mol. The van der Waals surface area contributed by atoms with Crippen molar-refractivity contribution in [2.75, 3.05) is 7.11 Å². The van der Waals surface area contributed by atoms with Gasteiger partial charge in [0.15, 0.2) is 14.4 Å². The number of methoxy groups -OCH3 is 1. The van der Waals surface area contributed by atoms with Crippen molar-refractivity contribution in [1.29, 1.82) is 0 Å². The Kier molecular flexibility index (Phi) is 7.09. The quantitative estimate of drug-likeness (QED) is 0.579. The summed E-state index contributed by atoms with van der Waals surface area (Å²) < 4.78 is 11.0. The third kappa shape index (κ3) is 5.11. The van der Waals surface area contributed by atoms with E-state index in [1.807, 2.05) is 6.92 Å². The van der Waals surface area contributed by atoms with E-state index < -0.39 is 26.4 Å². The zero-order chi connectivity index (χ0) is 17.0. The van der Waals surface area contributed by atoms with Crippen molar-refractivity contribution in [3.63, 3.8) is 0 Å². The Balaban J connectivity index is 5.17. The molecular formula is C15H31NO4Si. The maximum Gasteiger partial charge on any atom is 0.331 e. The Labute approximate surface area is 129 Å². The summed E-state index contributed by atoms with van der Waals surface area (Å²) >= 11 is 0. The average molecular weight is 318 g/mol. The van der Waals surface area contributed by atoms with Crippen molar-refractivity contribution in [1.82, 2.24) is 5.32 Å². The first-order valence-corrected chi connectivity index (χ1v) is 10.3. The highest BCUT2D eigenvalue weighted by Gasteiger charge is 2.45. The van der Waals surface area contributed by atoms with E-state index in [1.54, 1.807) is 0 Å². The summed E-state index contributed by atoms with van der Waals surface area (Å²) in [4.78, 5) is 23.1. The molecule has 6 heteroatoms. The van der Waals surface area contributed by atoms with Crippen molar-refractivity contribution >= 4 is 20.2 Å². The van der Waals surface area contributed by atoms with Crippen molar-refractivity contribution in [2.45, 2.75) is 71.8 Å². The summed E-state index contributed by atoms with van der Waals surface area (Å²) in [6.45, 7) is 16.2. The van der Waals surface area contributed by atoms with Crippen molar-refractivity contribution in [3.8, 4) is 0 Å². The summed E-state index contributed by atoms with van der Waals surface area (Å²) in [6, 6.07) is -0.776. The normalized spacial score (nSPS) is 15.5. The molecule has 0 unspecified atom stereocenters. The molecule has 0 aliphatic heterocycles. The van der Waals surface area contributed by atoms with Crippen molar-refractivity contribution in [3.05, 3.63) is 0 Å². The lowest BCUT2D eigenvalue weighted by atomic mass is 9.99. The van der Waals surface area contributed by atoms with Gasteiger partial charge in [0.2, 0.25) is 5.91 Å². The van der Waals surface area contributed by atoms with Gasteiger partial charge < -0.3 is 14.5 Å². The zero-order valence-electron chi connectivity index (χ0n) is 14.9. The van der Waals surface area contributed by atoms with Crippen molar-refractivity contribution in [2.24, 2.45) is 5.92 Å². The van der Waals surface area contributed by atoms with Gasteiger partial charge in [-0.05, 0) is 31.0 Å². The number of carbonyl (C=O) groups excluding carboxylic acids is 2. The number of carbonyl (C=O) groups is 2. The Hall–Kier alpha value is -0.883. The zero-order valence-corrected chi connectivity index (χ0v) is 15.9. The largest absolute Gasteiger partial charge is 0.467 e. The minimum atomic E-state index is -2.09. The van der Waals surface area contributed by atoms with Crippen LogP contribution in [0.15, 0.2) is 0 Å². The fourth-order valence-corrected chi connectivity index (χ4v) is 4.85. The first-order valence-electron chi connectivity index (χ1n) is 7.39. The Morgan fingerprint density at radius 3 is 1.95 bits per heavy atom. The Morgan fingerprint density at radius 2 is 1.62 bits per heavy atom. The molecule has 0 aromatic heterocycles. The topological polar surface area (TPSA) is 64.6 Å². The average Bonchev–Trinajstić information content (AvgIpc) is 2.33. The smallest absolute Gasteiger partial charge is 0.331 e. The minimum Gasteiger partial charge on any atom is -0.467 e. The fraction of sp³-hybridized carbons (Fsp3) is 0.867. The van der Waals surface area contributed by atoms with Gasteiger partial charge in [-0.3, -0.25) is 4.79 Å². The molecule has 0 saturated carbocycles. The second kappa shape index (κ2) is 7.40. The minimum absolute atomic E-state index is 0.0398. The van der Waals surface area contributed by atoms with Gasteiger partial charge in [0.05, 0.1) is 13.2 Å². The standard InChI is InChI=1S/C15H31NO4Si/c1-10(2)15(5,6)21(8,9)20-11(3)13(14(18)19-7)16-12(4)17/h10-11,13H,1-9H3,(H,16,17)/t11-,13-/m0/s1. The van der Waals surface area contributed by atoms with Crippen LogP contribution in [0, 0.1) is 5.92 Å². The molecule has 0 heterocycles. The molecule has 0 aliphatic carbocycles. The van der Waals surface area contributed by atoms with E-state index in [2.05, 4.69) is 46.1 Å². The van der Waals surface area contributed by atoms with Crippen LogP contribution in [0.3, 0.4) is 0 Å². The van der Waals surface area contributed by atoms with Gasteiger partial charge in [0.1, 0.15) is 0 Å². The molecule has 0 fully saturated rings. The van der Waals surface area contributed by atoms with E-state index in [9.17, 15) is 9.59 Å². The number of hydrogen-bond donors (Lipinski definition) is 1. The predicted octanol–water partition coefficient (Wildman–Crippen LogP) is 2.71. The van der Waals surface area contributed by atoms with Crippen LogP contribution in [-0.4, -0.2) is 39.4 Å². The lowest BCUT2D eigenvalue weighted by molar-refractivity contribution is -0.147. The second-order valence-corrected chi connectivity index (χ2v) is 11.5. The first kappa shape index (κ1) is 20.1. The van der Waals surface area contributed by atoms with Crippen LogP contribution < -0.4 is 5.32 Å². The number of amides is 1. The van der Waals surface area contributed by atoms with E-state index in [0.29, 0.717) is 5.92 Å².